The van der Waals surface area contributed by atoms with Gasteiger partial charge >= 0.3 is 37.9 Å². The zero-order chi connectivity index (χ0) is 26.3. The molecule has 0 spiro atoms. The van der Waals surface area contributed by atoms with E-state index < -0.39 is 28.9 Å². The van der Waals surface area contributed by atoms with E-state index >= 15 is 0 Å². The molecule has 0 saturated heterocycles. The Labute approximate surface area is 265 Å². The van der Waals surface area contributed by atoms with Crippen LogP contribution in [0.1, 0.15) is 117 Å². The van der Waals surface area contributed by atoms with E-state index in [-0.39, 0.29) is 14.9 Å². The van der Waals surface area contributed by atoms with Gasteiger partial charge in [0.15, 0.2) is 0 Å². The summed E-state index contributed by atoms with van der Waals surface area (Å²) in [5, 5.41) is 0. The van der Waals surface area contributed by atoms with Gasteiger partial charge in [-0.15, -0.1) is 0 Å². The van der Waals surface area contributed by atoms with Crippen molar-refractivity contribution in [2.45, 2.75) is 141 Å². The first-order valence-electron chi connectivity index (χ1n) is 16.8. The summed E-state index contributed by atoms with van der Waals surface area (Å²) in [5.41, 5.74) is 2.31. The molecule has 0 nitrogen and oxygen atoms in total. The van der Waals surface area contributed by atoms with Crippen molar-refractivity contribution in [3.8, 4) is 0 Å². The standard InChI is InChI=1S/C33H58Si.2CH3.2ClH.Zr/c1-6-10-21(2)28-20-32(30-19-25-13-9-12-24(25)18-29(28)30)34(4,5)31-17-22(3)33-26-14-8-7-11-23(26)15-16-27(31)33;;;;;/h21-33H,6-20H2,1-5H3;2*1H3;2*1H;/q;2*-1;;;+4/p-2. The van der Waals surface area contributed by atoms with Crippen molar-refractivity contribution in [3.63, 3.8) is 0 Å². The van der Waals surface area contributed by atoms with Crippen LogP contribution in [0.25, 0.3) is 0 Å². The summed E-state index contributed by atoms with van der Waals surface area (Å²) in [4.78, 5) is 0. The molecule has 6 aliphatic rings. The molecule has 0 radical (unpaired) electrons. The average molecular weight is 675 g/mol. The van der Waals surface area contributed by atoms with E-state index in [4.69, 9.17) is 17.0 Å². The van der Waals surface area contributed by atoms with Crippen molar-refractivity contribution < 1.29 is 20.8 Å². The van der Waals surface area contributed by atoms with Crippen LogP contribution in [0.4, 0.5) is 0 Å². The topological polar surface area (TPSA) is 0 Å². The molecule has 0 aromatic heterocycles. The molecular weight excluding hydrogens is 611 g/mol. The van der Waals surface area contributed by atoms with E-state index in [1.165, 1.54) is 12.8 Å². The Morgan fingerprint density at radius 2 is 1.31 bits per heavy atom. The first kappa shape index (κ1) is 35.2. The Bertz CT molecular complexity index is 744. The van der Waals surface area contributed by atoms with E-state index in [9.17, 15) is 0 Å². The second-order valence-corrected chi connectivity index (χ2v) is 24.6. The van der Waals surface area contributed by atoms with Crippen molar-refractivity contribution in [1.82, 2.24) is 0 Å². The molecule has 0 aromatic carbocycles. The summed E-state index contributed by atoms with van der Waals surface area (Å²) in [6, 6.07) is 0. The van der Waals surface area contributed by atoms with Crippen LogP contribution < -0.4 is 0 Å². The SMILES string of the molecule is CCCC(C)C1CC([Si](C)(C)C2CC(C)C3C4CCCCC4CCC32)C2CC3CCCC3CC12.[CH3-].[CH3-].[Cl][Zr+2][Cl]. The fourth-order valence-electron chi connectivity index (χ4n) is 12.8. The molecule has 13 unspecified atom stereocenters. The summed E-state index contributed by atoms with van der Waals surface area (Å²) in [5.74, 6) is 12.1. The number of hydrogen-bond acceptors (Lipinski definition) is 0. The number of rotatable bonds is 5. The van der Waals surface area contributed by atoms with Crippen molar-refractivity contribution in [3.05, 3.63) is 14.9 Å². The van der Waals surface area contributed by atoms with E-state index in [1.807, 2.05) is 0 Å². The van der Waals surface area contributed by atoms with Gasteiger partial charge < -0.3 is 14.9 Å². The van der Waals surface area contributed by atoms with E-state index in [0.717, 1.165) is 76.2 Å². The van der Waals surface area contributed by atoms with Crippen molar-refractivity contribution in [2.75, 3.05) is 0 Å². The van der Waals surface area contributed by atoms with Crippen LogP contribution in [0, 0.1) is 80.0 Å². The first-order chi connectivity index (χ1) is 17.8. The summed E-state index contributed by atoms with van der Waals surface area (Å²) in [6.07, 6.45) is 23.7. The predicted octanol–water partition coefficient (Wildman–Crippen LogP) is 12.5. The van der Waals surface area contributed by atoms with Crippen LogP contribution in [-0.2, 0) is 20.8 Å². The van der Waals surface area contributed by atoms with Gasteiger partial charge in [-0.05, 0) is 121 Å². The zero-order valence-electron chi connectivity index (χ0n) is 26.9. The molecule has 226 valence electrons. The van der Waals surface area contributed by atoms with Crippen molar-refractivity contribution >= 4 is 25.1 Å². The minimum absolute atomic E-state index is 0. The normalized spacial score (nSPS) is 45.1. The monoisotopic (exact) mass is 672 g/mol. The zero-order valence-corrected chi connectivity index (χ0v) is 31.8. The van der Waals surface area contributed by atoms with Crippen LogP contribution >= 0.6 is 17.0 Å². The molecule has 0 amide bonds. The molecule has 6 aliphatic carbocycles. The fraction of sp³-hybridized carbons (Fsp3) is 0.943. The maximum atomic E-state index is 4.93. The van der Waals surface area contributed by atoms with E-state index in [1.54, 1.807) is 83.5 Å². The Morgan fingerprint density at radius 3 is 1.97 bits per heavy atom. The third kappa shape index (κ3) is 6.85. The van der Waals surface area contributed by atoms with Crippen molar-refractivity contribution in [1.29, 1.82) is 0 Å². The quantitative estimate of drug-likeness (QED) is 0.201. The molecule has 6 fully saturated rings. The summed E-state index contributed by atoms with van der Waals surface area (Å²) < 4.78 is 0. The van der Waals surface area contributed by atoms with Gasteiger partial charge in [0.2, 0.25) is 0 Å². The number of hydrogen-bond donors (Lipinski definition) is 0. The van der Waals surface area contributed by atoms with Crippen molar-refractivity contribution in [2.24, 2.45) is 65.1 Å². The van der Waals surface area contributed by atoms with Gasteiger partial charge in [0, 0.05) is 0 Å². The average Bonchev–Trinajstić information content (AvgIpc) is 3.59. The van der Waals surface area contributed by atoms with Crippen LogP contribution in [0.15, 0.2) is 0 Å². The molecule has 6 rings (SSSR count). The summed E-state index contributed by atoms with van der Waals surface area (Å²) in [6.45, 7) is 13.7. The number of fused-ring (bicyclic) bond motifs is 5. The van der Waals surface area contributed by atoms with Crippen LogP contribution in [-0.4, -0.2) is 8.07 Å². The van der Waals surface area contributed by atoms with Gasteiger partial charge in [0.05, 0.1) is 8.07 Å². The number of halogens is 2. The van der Waals surface area contributed by atoms with Gasteiger partial charge in [0.25, 0.3) is 0 Å². The van der Waals surface area contributed by atoms with Crippen LogP contribution in [0.5, 0.6) is 0 Å². The second-order valence-electron chi connectivity index (χ2n) is 15.8. The summed E-state index contributed by atoms with van der Waals surface area (Å²) in [7, 11) is 8.56. The molecule has 0 N–H and O–H groups in total. The third-order valence-corrected chi connectivity index (χ3v) is 19.3. The Balaban J connectivity index is 0.000000805. The molecule has 0 aromatic rings. The minimum atomic E-state index is -1.31. The molecule has 0 heterocycles. The summed E-state index contributed by atoms with van der Waals surface area (Å²) >= 11 is -0.826. The van der Waals surface area contributed by atoms with Gasteiger partial charge in [-0.2, -0.15) is 0 Å². The first-order valence-corrected chi connectivity index (χ1v) is 26.3. The van der Waals surface area contributed by atoms with Gasteiger partial charge in [-0.3, -0.25) is 0 Å². The Hall–Kier alpha value is 1.68. The molecule has 6 saturated carbocycles. The molecule has 13 atom stereocenters. The Morgan fingerprint density at radius 1 is 0.718 bits per heavy atom. The van der Waals surface area contributed by atoms with Gasteiger partial charge in [-0.1, -0.05) is 85.2 Å². The molecule has 4 heteroatoms. The predicted molar refractivity (Wildman–Crippen MR) is 174 cm³/mol. The molecule has 39 heavy (non-hydrogen) atoms. The third-order valence-electron chi connectivity index (χ3n) is 14.1. The fourth-order valence-corrected chi connectivity index (χ4v) is 18.1. The molecule has 0 bridgehead atoms. The van der Waals surface area contributed by atoms with Gasteiger partial charge in [-0.25, -0.2) is 0 Å². The van der Waals surface area contributed by atoms with Crippen LogP contribution in [0.2, 0.25) is 24.2 Å². The van der Waals surface area contributed by atoms with E-state index in [0.29, 0.717) is 0 Å². The Kier molecular flexibility index (Phi) is 13.6. The second kappa shape index (κ2) is 15.1. The van der Waals surface area contributed by atoms with Crippen LogP contribution in [0.3, 0.4) is 0 Å². The molecule has 0 aliphatic heterocycles. The van der Waals surface area contributed by atoms with Gasteiger partial charge in [0.1, 0.15) is 0 Å². The molecular formula is C35H64Cl2SiZr. The van der Waals surface area contributed by atoms with E-state index in [2.05, 4.69) is 33.9 Å². The maximum absolute atomic E-state index is 4.93.